The number of carbonyl (C=O) groups is 2. The number of carbonyl (C=O) groups excluding carboxylic acids is 2. The molecule has 1 heterocycles. The van der Waals surface area contributed by atoms with Gasteiger partial charge in [0.05, 0.1) is 10.6 Å². The number of hydrogen-bond acceptors (Lipinski definition) is 2. The summed E-state index contributed by atoms with van der Waals surface area (Å²) in [4.78, 5) is 26.7. The Labute approximate surface area is 115 Å². The number of amides is 2. The molecule has 0 atom stereocenters. The van der Waals surface area contributed by atoms with Crippen LogP contribution in [0.5, 0.6) is 0 Å². The average Bonchev–Trinajstić information content (AvgIpc) is 2.41. The molecule has 0 spiro atoms. The van der Waals surface area contributed by atoms with Crippen LogP contribution < -0.4 is 0 Å². The Morgan fingerprint density at radius 3 is 2.32 bits per heavy atom. The molecular formula is C13H14ClFN2O2. The van der Waals surface area contributed by atoms with Crippen molar-refractivity contribution in [1.29, 1.82) is 0 Å². The zero-order valence-electron chi connectivity index (χ0n) is 10.5. The average molecular weight is 285 g/mol. The summed E-state index contributed by atoms with van der Waals surface area (Å²) in [5.41, 5.74) is 0.165. The summed E-state index contributed by atoms with van der Waals surface area (Å²) in [7, 11) is 0. The number of rotatable bonds is 1. The highest BCUT2D eigenvalue weighted by molar-refractivity contribution is 6.33. The Kier molecular flexibility index (Phi) is 4.04. The van der Waals surface area contributed by atoms with Gasteiger partial charge in [0.2, 0.25) is 5.91 Å². The molecule has 102 valence electrons. The molecule has 2 amide bonds. The van der Waals surface area contributed by atoms with E-state index in [-0.39, 0.29) is 22.4 Å². The lowest BCUT2D eigenvalue weighted by molar-refractivity contribution is -0.130. The zero-order chi connectivity index (χ0) is 14.0. The van der Waals surface area contributed by atoms with Crippen LogP contribution in [-0.2, 0) is 4.79 Å². The summed E-state index contributed by atoms with van der Waals surface area (Å²) in [5.74, 6) is -0.793. The van der Waals surface area contributed by atoms with Gasteiger partial charge in [0.1, 0.15) is 5.82 Å². The summed E-state index contributed by atoms with van der Waals surface area (Å²) >= 11 is 5.91. The van der Waals surface area contributed by atoms with Crippen molar-refractivity contribution in [3.8, 4) is 0 Å². The van der Waals surface area contributed by atoms with Crippen molar-refractivity contribution in [2.24, 2.45) is 0 Å². The van der Waals surface area contributed by atoms with Crippen molar-refractivity contribution < 1.29 is 14.0 Å². The summed E-state index contributed by atoms with van der Waals surface area (Å²) < 4.78 is 13.2. The van der Waals surface area contributed by atoms with Crippen LogP contribution in [0.3, 0.4) is 0 Å². The third kappa shape index (κ3) is 3.04. The molecule has 1 aromatic carbocycles. The van der Waals surface area contributed by atoms with Gasteiger partial charge >= 0.3 is 0 Å². The third-order valence-electron chi connectivity index (χ3n) is 3.17. The van der Waals surface area contributed by atoms with Gasteiger partial charge in [-0.05, 0) is 18.2 Å². The molecule has 0 aromatic heterocycles. The van der Waals surface area contributed by atoms with Gasteiger partial charge in [-0.25, -0.2) is 4.39 Å². The first kappa shape index (κ1) is 13.8. The van der Waals surface area contributed by atoms with Gasteiger partial charge in [0, 0.05) is 33.1 Å². The highest BCUT2D eigenvalue weighted by Crippen LogP contribution is 2.19. The minimum absolute atomic E-state index is 0.00381. The highest BCUT2D eigenvalue weighted by Gasteiger charge is 2.24. The van der Waals surface area contributed by atoms with Crippen molar-refractivity contribution in [2.75, 3.05) is 26.2 Å². The molecule has 2 rings (SSSR count). The maximum Gasteiger partial charge on any atom is 0.255 e. The van der Waals surface area contributed by atoms with Gasteiger partial charge in [-0.1, -0.05) is 11.6 Å². The molecule has 0 saturated carbocycles. The second-order valence-corrected chi connectivity index (χ2v) is 4.83. The predicted octanol–water partition coefficient (Wildman–Crippen LogP) is 1.78. The lowest BCUT2D eigenvalue weighted by atomic mass is 10.1. The molecule has 0 N–H and O–H groups in total. The largest absolute Gasteiger partial charge is 0.339 e. The summed E-state index contributed by atoms with van der Waals surface area (Å²) in [5, 5.41) is 0.236. The van der Waals surface area contributed by atoms with E-state index < -0.39 is 5.82 Å². The van der Waals surface area contributed by atoms with Crippen molar-refractivity contribution in [2.45, 2.75) is 6.92 Å². The predicted molar refractivity (Wildman–Crippen MR) is 69.6 cm³/mol. The molecule has 0 unspecified atom stereocenters. The molecule has 1 aromatic rings. The van der Waals surface area contributed by atoms with Crippen molar-refractivity contribution in [1.82, 2.24) is 9.80 Å². The van der Waals surface area contributed by atoms with E-state index in [2.05, 4.69) is 0 Å². The maximum absolute atomic E-state index is 13.2. The fourth-order valence-corrected chi connectivity index (χ4v) is 2.25. The molecular weight excluding hydrogens is 271 g/mol. The van der Waals surface area contributed by atoms with Crippen LogP contribution in [0.1, 0.15) is 17.3 Å². The topological polar surface area (TPSA) is 40.6 Å². The van der Waals surface area contributed by atoms with Gasteiger partial charge in [-0.2, -0.15) is 0 Å². The molecule has 0 aliphatic carbocycles. The lowest BCUT2D eigenvalue weighted by Gasteiger charge is -2.34. The minimum Gasteiger partial charge on any atom is -0.339 e. The highest BCUT2D eigenvalue weighted by atomic mass is 35.5. The fraction of sp³-hybridized carbons (Fsp3) is 0.385. The van der Waals surface area contributed by atoms with E-state index in [4.69, 9.17) is 11.6 Å². The van der Waals surface area contributed by atoms with Crippen molar-refractivity contribution >= 4 is 23.4 Å². The first-order chi connectivity index (χ1) is 8.99. The number of piperazine rings is 1. The number of nitrogens with zero attached hydrogens (tertiary/aromatic N) is 2. The van der Waals surface area contributed by atoms with Gasteiger partial charge in [0.25, 0.3) is 5.91 Å². The van der Waals surface area contributed by atoms with Gasteiger partial charge in [-0.15, -0.1) is 0 Å². The van der Waals surface area contributed by atoms with Crippen LogP contribution in [0.15, 0.2) is 18.2 Å². The normalized spacial score (nSPS) is 15.5. The smallest absolute Gasteiger partial charge is 0.255 e. The van der Waals surface area contributed by atoms with E-state index in [9.17, 15) is 14.0 Å². The summed E-state index contributed by atoms with van der Waals surface area (Å²) in [6.07, 6.45) is 0. The quantitative estimate of drug-likeness (QED) is 0.789. The molecule has 6 heteroatoms. The van der Waals surface area contributed by atoms with E-state index in [1.165, 1.54) is 19.1 Å². The number of benzene rings is 1. The van der Waals surface area contributed by atoms with E-state index in [0.717, 1.165) is 6.07 Å². The zero-order valence-corrected chi connectivity index (χ0v) is 11.3. The van der Waals surface area contributed by atoms with E-state index in [1.54, 1.807) is 9.80 Å². The molecule has 1 saturated heterocycles. The molecule has 1 fully saturated rings. The third-order valence-corrected chi connectivity index (χ3v) is 3.50. The van der Waals surface area contributed by atoms with Gasteiger partial charge < -0.3 is 9.80 Å². The fourth-order valence-electron chi connectivity index (χ4n) is 2.06. The number of halogens is 2. The molecule has 19 heavy (non-hydrogen) atoms. The Bertz CT molecular complexity index is 513. The number of hydrogen-bond donors (Lipinski definition) is 0. The molecule has 0 radical (unpaired) electrons. The van der Waals surface area contributed by atoms with Crippen LogP contribution in [0.4, 0.5) is 4.39 Å². The van der Waals surface area contributed by atoms with Gasteiger partial charge in [0.15, 0.2) is 0 Å². The minimum atomic E-state index is -0.491. The van der Waals surface area contributed by atoms with Crippen LogP contribution >= 0.6 is 11.6 Å². The van der Waals surface area contributed by atoms with Crippen LogP contribution in [0.2, 0.25) is 5.02 Å². The van der Waals surface area contributed by atoms with E-state index in [1.807, 2.05) is 0 Å². The second-order valence-electron chi connectivity index (χ2n) is 4.42. The lowest BCUT2D eigenvalue weighted by Crippen LogP contribution is -2.50. The molecule has 4 nitrogen and oxygen atoms in total. The van der Waals surface area contributed by atoms with Gasteiger partial charge in [-0.3, -0.25) is 9.59 Å². The maximum atomic E-state index is 13.2. The van der Waals surface area contributed by atoms with Crippen molar-refractivity contribution in [3.05, 3.63) is 34.6 Å². The standard InChI is InChI=1S/C13H14ClFN2O2/c1-9(18)16-4-6-17(7-5-16)13(19)11-8-10(15)2-3-12(11)14/h2-3,8H,4-7H2,1H3. The van der Waals surface area contributed by atoms with Crippen LogP contribution in [0.25, 0.3) is 0 Å². The Morgan fingerprint density at radius 1 is 1.16 bits per heavy atom. The van der Waals surface area contributed by atoms with Crippen LogP contribution in [-0.4, -0.2) is 47.8 Å². The monoisotopic (exact) mass is 284 g/mol. The van der Waals surface area contributed by atoms with E-state index in [0.29, 0.717) is 26.2 Å². The molecule has 0 bridgehead atoms. The SMILES string of the molecule is CC(=O)N1CCN(C(=O)c2cc(F)ccc2Cl)CC1. The Morgan fingerprint density at radius 2 is 1.74 bits per heavy atom. The van der Waals surface area contributed by atoms with Crippen molar-refractivity contribution in [3.63, 3.8) is 0 Å². The van der Waals surface area contributed by atoms with E-state index >= 15 is 0 Å². The molecule has 1 aliphatic heterocycles. The second kappa shape index (κ2) is 5.57. The first-order valence-corrected chi connectivity index (χ1v) is 6.36. The Balaban J connectivity index is 2.09. The molecule has 1 aliphatic rings. The summed E-state index contributed by atoms with van der Waals surface area (Å²) in [6, 6.07) is 3.73. The summed E-state index contributed by atoms with van der Waals surface area (Å²) in [6.45, 7) is 3.36. The van der Waals surface area contributed by atoms with Crippen LogP contribution in [0, 0.1) is 5.82 Å². The first-order valence-electron chi connectivity index (χ1n) is 5.99. The Hall–Kier alpha value is -1.62.